The lowest BCUT2D eigenvalue weighted by Gasteiger charge is -2.42. The molecule has 19 nitrogen and oxygen atoms in total. The summed E-state index contributed by atoms with van der Waals surface area (Å²) in [5, 5.41) is 10.3. The van der Waals surface area contributed by atoms with Crippen molar-refractivity contribution in [2.45, 2.75) is 128 Å². The Morgan fingerprint density at radius 2 is 1.32 bits per heavy atom. The molecule has 2 amide bonds. The van der Waals surface area contributed by atoms with E-state index in [0.29, 0.717) is 38.2 Å². The zero-order valence-electron chi connectivity index (χ0n) is 46.1. The van der Waals surface area contributed by atoms with E-state index in [2.05, 4.69) is 21.0 Å². The number of anilines is 2. The number of fused-ring (bicyclic) bond motifs is 1. The molecule has 1 saturated heterocycles. The Morgan fingerprint density at radius 1 is 0.797 bits per heavy atom. The topological polar surface area (TPSA) is 200 Å². The largest absolute Gasteiger partial charge is 0.497 e. The molecule has 430 valence electrons. The van der Waals surface area contributed by atoms with Gasteiger partial charge in [0, 0.05) is 26.2 Å². The maximum Gasteiger partial charge on any atom is 0.472 e. The summed E-state index contributed by atoms with van der Waals surface area (Å²) in [5.41, 5.74) is 3.46. The minimum atomic E-state index is -5.38. The highest BCUT2D eigenvalue weighted by molar-refractivity contribution is 7.44. The number of nitriles is 1. The van der Waals surface area contributed by atoms with Crippen molar-refractivity contribution >= 4 is 51.6 Å². The summed E-state index contributed by atoms with van der Waals surface area (Å²) in [5.74, 6) is -4.87. The molecular formula is C52H67F6N10O9PSi. The van der Waals surface area contributed by atoms with Crippen LogP contribution in [0.2, 0.25) is 18.1 Å². The highest BCUT2D eigenvalue weighted by atomic mass is 31.2. The first-order valence-electron chi connectivity index (χ1n) is 25.0. The SMILES string of the molecule is COc1ccc(C(OC[C@H]2O[C@@H](n3cnc4c(N(C)NC(=O)C(F)(F)F)nc(N(C)NC(=O)C(F)(F)F)nc43)[C@H](O[Si](C)(C)C(C)(C)C)[C@@H]2OP(OCCC#N)N(C(C)C)C(C)C)(c2ccccc2)c2ccc(OC)cc2)cc1. The highest BCUT2D eigenvalue weighted by Gasteiger charge is 2.55. The van der Waals surface area contributed by atoms with E-state index in [-0.39, 0.29) is 42.9 Å². The van der Waals surface area contributed by atoms with Crippen LogP contribution in [0.5, 0.6) is 11.5 Å². The molecule has 3 heterocycles. The second-order valence-corrected chi connectivity index (χ2v) is 26.7. The third-order valence-corrected chi connectivity index (χ3v) is 20.0. The molecule has 79 heavy (non-hydrogen) atoms. The van der Waals surface area contributed by atoms with Gasteiger partial charge >= 0.3 is 24.2 Å². The van der Waals surface area contributed by atoms with E-state index in [1.165, 1.54) is 10.9 Å². The maximum absolute atomic E-state index is 13.7. The number of methoxy groups -OCH3 is 2. The number of carbonyl (C=O) groups is 2. The Kier molecular flexibility index (Phi) is 19.7. The van der Waals surface area contributed by atoms with E-state index >= 15 is 0 Å². The molecule has 1 unspecified atom stereocenters. The zero-order chi connectivity index (χ0) is 58.4. The molecule has 2 N–H and O–H groups in total. The number of amides is 2. The first-order chi connectivity index (χ1) is 37.0. The summed E-state index contributed by atoms with van der Waals surface area (Å²) in [6.07, 6.45) is -14.3. The fraction of sp³-hybridized carbons (Fsp3) is 0.500. The van der Waals surface area contributed by atoms with Crippen molar-refractivity contribution in [3.63, 3.8) is 0 Å². The number of hydrogen-bond acceptors (Lipinski definition) is 16. The van der Waals surface area contributed by atoms with Crippen molar-refractivity contribution in [1.29, 1.82) is 5.26 Å². The van der Waals surface area contributed by atoms with Crippen molar-refractivity contribution in [3.05, 3.63) is 102 Å². The van der Waals surface area contributed by atoms with Crippen LogP contribution in [0.3, 0.4) is 0 Å². The first-order valence-corrected chi connectivity index (χ1v) is 29.1. The number of carbonyl (C=O) groups excluding carboxylic acids is 2. The normalized spacial score (nSPS) is 17.7. The number of rotatable bonds is 23. The van der Waals surface area contributed by atoms with E-state index in [1.54, 1.807) is 25.1 Å². The van der Waals surface area contributed by atoms with Gasteiger partial charge in [-0.1, -0.05) is 75.4 Å². The lowest BCUT2D eigenvalue weighted by Crippen LogP contribution is -2.50. The molecule has 6 rings (SSSR count). The van der Waals surface area contributed by atoms with Crippen molar-refractivity contribution in [1.82, 2.24) is 35.0 Å². The van der Waals surface area contributed by atoms with Crippen LogP contribution in [0.15, 0.2) is 85.2 Å². The van der Waals surface area contributed by atoms with E-state index in [9.17, 15) is 41.2 Å². The molecule has 1 fully saturated rings. The molecular weight excluding hydrogens is 1080 g/mol. The van der Waals surface area contributed by atoms with Gasteiger partial charge in [-0.25, -0.2) is 9.65 Å². The van der Waals surface area contributed by atoms with Crippen LogP contribution in [0.25, 0.3) is 11.2 Å². The summed E-state index contributed by atoms with van der Waals surface area (Å²) in [6, 6.07) is 26.0. The third-order valence-electron chi connectivity index (χ3n) is 13.4. The molecule has 27 heteroatoms. The molecule has 0 aliphatic carbocycles. The molecule has 3 aromatic carbocycles. The summed E-state index contributed by atoms with van der Waals surface area (Å²) in [4.78, 5) is 37.8. The second-order valence-electron chi connectivity index (χ2n) is 20.5. The van der Waals surface area contributed by atoms with Gasteiger partial charge in [0.05, 0.1) is 46.3 Å². The Bertz CT molecular complexity index is 2840. The van der Waals surface area contributed by atoms with Crippen LogP contribution in [-0.2, 0) is 38.1 Å². The number of alkyl halides is 6. The molecule has 1 aliphatic rings. The summed E-state index contributed by atoms with van der Waals surface area (Å²) >= 11 is 0. The quantitative estimate of drug-likeness (QED) is 0.0156. The van der Waals surface area contributed by atoms with Gasteiger partial charge in [0.15, 0.2) is 31.5 Å². The number of benzene rings is 3. The number of hydrazine groups is 2. The predicted octanol–water partition coefficient (Wildman–Crippen LogP) is 9.86. The van der Waals surface area contributed by atoms with E-state index < -0.39 is 88.0 Å². The van der Waals surface area contributed by atoms with Gasteiger partial charge in [-0.3, -0.25) is 35.0 Å². The lowest BCUT2D eigenvalue weighted by atomic mass is 9.80. The fourth-order valence-electron chi connectivity index (χ4n) is 8.51. The Labute approximate surface area is 457 Å². The Morgan fingerprint density at radius 3 is 1.80 bits per heavy atom. The summed E-state index contributed by atoms with van der Waals surface area (Å²) in [7, 11) is 0.0234. The smallest absolute Gasteiger partial charge is 0.472 e. The predicted molar refractivity (Wildman–Crippen MR) is 285 cm³/mol. The van der Waals surface area contributed by atoms with Gasteiger partial charge < -0.3 is 32.4 Å². The maximum atomic E-state index is 13.7. The van der Waals surface area contributed by atoms with Gasteiger partial charge in [-0.2, -0.15) is 41.6 Å². The Balaban J connectivity index is 1.64. The fourth-order valence-corrected chi connectivity index (χ4v) is 11.6. The van der Waals surface area contributed by atoms with E-state index in [1.807, 2.05) is 145 Å². The molecule has 0 bridgehead atoms. The van der Waals surface area contributed by atoms with E-state index in [4.69, 9.17) is 32.4 Å². The molecule has 0 saturated carbocycles. The average Bonchev–Trinajstić information content (AvgIpc) is 4.13. The zero-order valence-corrected chi connectivity index (χ0v) is 48.0. The van der Waals surface area contributed by atoms with Gasteiger partial charge in [0.1, 0.15) is 35.4 Å². The van der Waals surface area contributed by atoms with Crippen LogP contribution in [0.1, 0.15) is 77.8 Å². The number of hydrogen-bond donors (Lipinski definition) is 2. The van der Waals surface area contributed by atoms with Crippen LogP contribution in [-0.4, -0.2) is 129 Å². The van der Waals surface area contributed by atoms with Crippen molar-refractivity contribution in [2.24, 2.45) is 0 Å². The standard InChI is InChI=1S/C52H67F6N10O9PSi/c1-32(2)68(33(3)4)78(74-29-17-28-59)76-41-39(30-73-50(34-18-15-14-16-19-34,35-20-24-37(71-10)25-21-35)36-22-26-38(72-11)27-23-36)75-45(42(41)77-79(12,13)49(5,6)7)67-31-60-40-43(65(8)63-46(69)51(53,54)55)61-48(62-44(40)67)66(9)64-47(70)52(56,57)58/h14-16,18-27,31-33,39,41-42,45H,17,29-30H2,1-13H3,(H,63,69)(H,64,70)/t39-,41-,42-,45-,78?/m1/s1. The summed E-state index contributed by atoms with van der Waals surface area (Å²) < 4.78 is 133. The van der Waals surface area contributed by atoms with Crippen molar-refractivity contribution in [2.75, 3.05) is 51.5 Å². The summed E-state index contributed by atoms with van der Waals surface area (Å²) in [6.45, 7) is 17.6. The van der Waals surface area contributed by atoms with Crippen LogP contribution >= 0.6 is 8.53 Å². The van der Waals surface area contributed by atoms with Crippen LogP contribution in [0.4, 0.5) is 38.1 Å². The Hall–Kier alpha value is -6.17. The molecule has 5 aromatic rings. The molecule has 0 radical (unpaired) electrons. The number of imidazole rings is 1. The third kappa shape index (κ3) is 14.1. The second kappa shape index (κ2) is 25.1. The number of ether oxygens (including phenoxy) is 4. The average molecular weight is 1150 g/mol. The lowest BCUT2D eigenvalue weighted by molar-refractivity contribution is -0.173. The highest BCUT2D eigenvalue weighted by Crippen LogP contribution is 2.53. The van der Waals surface area contributed by atoms with Crippen molar-refractivity contribution in [3.8, 4) is 17.6 Å². The van der Waals surface area contributed by atoms with Crippen LogP contribution < -0.4 is 30.3 Å². The van der Waals surface area contributed by atoms with Gasteiger partial charge in [-0.15, -0.1) is 0 Å². The molecule has 1 aliphatic heterocycles. The number of nitrogens with one attached hydrogen (secondary N) is 2. The minimum absolute atomic E-state index is 0.0123. The van der Waals surface area contributed by atoms with E-state index in [0.717, 1.165) is 14.1 Å². The molecule has 0 spiro atoms. The van der Waals surface area contributed by atoms with Crippen molar-refractivity contribution < 1.29 is 68.4 Å². The number of halogens is 6. The molecule has 5 atom stereocenters. The van der Waals surface area contributed by atoms with Gasteiger partial charge in [-0.05, 0) is 86.8 Å². The van der Waals surface area contributed by atoms with Crippen LogP contribution in [0, 0.1) is 11.3 Å². The van der Waals surface area contributed by atoms with Gasteiger partial charge in [0.2, 0.25) is 5.95 Å². The minimum Gasteiger partial charge on any atom is -0.497 e. The number of aromatic nitrogens is 4. The number of nitrogens with zero attached hydrogens (tertiary/aromatic N) is 8. The first kappa shape index (κ1) is 62.0. The monoisotopic (exact) mass is 1150 g/mol. The molecule has 2 aromatic heterocycles. The van der Waals surface area contributed by atoms with Gasteiger partial charge in [0.25, 0.3) is 8.53 Å².